The average Bonchev–Trinajstić information content (AvgIpc) is 2.74. The molecule has 6 nitrogen and oxygen atoms in total. The highest BCUT2D eigenvalue weighted by atomic mass is 35.5. The third-order valence-electron chi connectivity index (χ3n) is 5.40. The van der Waals surface area contributed by atoms with Crippen molar-refractivity contribution in [3.8, 4) is 0 Å². The number of rotatable bonds is 7. The van der Waals surface area contributed by atoms with Crippen molar-refractivity contribution in [1.82, 2.24) is 14.5 Å². The van der Waals surface area contributed by atoms with E-state index < -0.39 is 10.0 Å². The topological polar surface area (TPSA) is 69.7 Å². The number of piperazine rings is 1. The number of carbonyl (C=O) groups is 1. The number of nitrogens with zero attached hydrogens (tertiary/aromatic N) is 2. The first-order valence-electron chi connectivity index (χ1n) is 10.2. The van der Waals surface area contributed by atoms with Gasteiger partial charge in [0.2, 0.25) is 15.9 Å². The van der Waals surface area contributed by atoms with Gasteiger partial charge in [-0.2, -0.15) is 4.31 Å². The zero-order valence-electron chi connectivity index (χ0n) is 17.3. The van der Waals surface area contributed by atoms with Crippen LogP contribution in [0, 0.1) is 0 Å². The van der Waals surface area contributed by atoms with Gasteiger partial charge in [0.25, 0.3) is 0 Å². The molecule has 0 aliphatic carbocycles. The maximum absolute atomic E-state index is 12.8. The number of amides is 1. The summed E-state index contributed by atoms with van der Waals surface area (Å²) in [6.45, 7) is 6.03. The lowest BCUT2D eigenvalue weighted by atomic mass is 10.1. The fraction of sp³-hybridized carbons (Fsp3) is 0.409. The van der Waals surface area contributed by atoms with Crippen LogP contribution < -0.4 is 5.32 Å². The Hall–Kier alpha value is -1.93. The van der Waals surface area contributed by atoms with Crippen molar-refractivity contribution in [2.24, 2.45) is 0 Å². The number of carbonyl (C=O) groups excluding carboxylic acids is 1. The molecule has 1 N–H and O–H groups in total. The van der Waals surface area contributed by atoms with Crippen molar-refractivity contribution in [3.05, 3.63) is 64.7 Å². The van der Waals surface area contributed by atoms with E-state index in [4.69, 9.17) is 11.6 Å². The van der Waals surface area contributed by atoms with Crippen LogP contribution >= 0.6 is 11.6 Å². The summed E-state index contributed by atoms with van der Waals surface area (Å²) in [5.74, 6) is -0.0618. The monoisotopic (exact) mass is 449 g/mol. The largest absolute Gasteiger partial charge is 0.348 e. The second-order valence-electron chi connectivity index (χ2n) is 7.52. The van der Waals surface area contributed by atoms with Gasteiger partial charge in [-0.15, -0.1) is 0 Å². The molecule has 1 amide bonds. The van der Waals surface area contributed by atoms with E-state index in [1.165, 1.54) is 15.9 Å². The summed E-state index contributed by atoms with van der Waals surface area (Å²) in [7, 11) is -3.58. The molecule has 30 heavy (non-hydrogen) atoms. The number of nitrogens with one attached hydrogen (secondary N) is 1. The van der Waals surface area contributed by atoms with Crippen LogP contribution in [0.15, 0.2) is 53.4 Å². The van der Waals surface area contributed by atoms with Crippen molar-refractivity contribution < 1.29 is 13.2 Å². The van der Waals surface area contributed by atoms with Gasteiger partial charge in [-0.3, -0.25) is 9.69 Å². The maximum Gasteiger partial charge on any atom is 0.243 e. The Kier molecular flexibility index (Phi) is 7.52. The lowest BCUT2D eigenvalue weighted by molar-refractivity contribution is -0.123. The Morgan fingerprint density at radius 3 is 2.37 bits per heavy atom. The zero-order valence-corrected chi connectivity index (χ0v) is 18.9. The smallest absolute Gasteiger partial charge is 0.243 e. The molecular weight excluding hydrogens is 422 g/mol. The highest BCUT2D eigenvalue weighted by Gasteiger charge is 2.29. The third kappa shape index (κ3) is 5.60. The van der Waals surface area contributed by atoms with Crippen LogP contribution in [0.4, 0.5) is 0 Å². The SMILES string of the molecule is CCc1ccc([C@H](C)NC(=O)CN2CCN(S(=O)(=O)c3cccc(Cl)c3)CC2)cc1. The van der Waals surface area contributed by atoms with Crippen molar-refractivity contribution in [1.29, 1.82) is 0 Å². The van der Waals surface area contributed by atoms with Gasteiger partial charge in [-0.1, -0.05) is 48.9 Å². The molecule has 0 spiro atoms. The predicted molar refractivity (Wildman–Crippen MR) is 119 cm³/mol. The predicted octanol–water partition coefficient (Wildman–Crippen LogP) is 3.09. The van der Waals surface area contributed by atoms with Gasteiger partial charge < -0.3 is 5.32 Å². The standard InChI is InChI=1S/C22H28ClN3O3S/c1-3-18-7-9-19(10-8-18)17(2)24-22(27)16-25-11-13-26(14-12-25)30(28,29)21-6-4-5-20(23)15-21/h4-10,15,17H,3,11-14,16H2,1-2H3,(H,24,27)/t17-/m0/s1. The van der Waals surface area contributed by atoms with Crippen molar-refractivity contribution in [3.63, 3.8) is 0 Å². The lowest BCUT2D eigenvalue weighted by Gasteiger charge is -2.33. The first-order chi connectivity index (χ1) is 14.3. The van der Waals surface area contributed by atoms with E-state index in [2.05, 4.69) is 24.4 Å². The molecule has 0 radical (unpaired) electrons. The van der Waals surface area contributed by atoms with Gasteiger partial charge in [0.1, 0.15) is 0 Å². The molecule has 0 unspecified atom stereocenters. The molecule has 0 aromatic heterocycles. The summed E-state index contributed by atoms with van der Waals surface area (Å²) in [6.07, 6.45) is 0.986. The van der Waals surface area contributed by atoms with E-state index in [1.807, 2.05) is 24.0 Å². The third-order valence-corrected chi connectivity index (χ3v) is 7.53. The van der Waals surface area contributed by atoms with Gasteiger partial charge in [-0.25, -0.2) is 8.42 Å². The minimum Gasteiger partial charge on any atom is -0.348 e. The normalized spacial score (nSPS) is 16.9. The van der Waals surface area contributed by atoms with Crippen LogP contribution in [-0.2, 0) is 21.2 Å². The number of benzene rings is 2. The van der Waals surface area contributed by atoms with Crippen LogP contribution in [0.3, 0.4) is 0 Å². The number of hydrogen-bond donors (Lipinski definition) is 1. The summed E-state index contributed by atoms with van der Waals surface area (Å²) in [4.78, 5) is 14.6. The van der Waals surface area contributed by atoms with E-state index in [-0.39, 0.29) is 23.4 Å². The minimum absolute atomic E-state index is 0.0618. The van der Waals surface area contributed by atoms with Crippen LogP contribution in [0.2, 0.25) is 5.02 Å². The van der Waals surface area contributed by atoms with Crippen molar-refractivity contribution in [2.45, 2.75) is 31.2 Å². The molecule has 3 rings (SSSR count). The summed E-state index contributed by atoms with van der Waals surface area (Å²) in [6, 6.07) is 14.5. The van der Waals surface area contributed by atoms with Crippen LogP contribution in [0.1, 0.15) is 31.0 Å². The molecule has 2 aromatic carbocycles. The zero-order chi connectivity index (χ0) is 21.7. The van der Waals surface area contributed by atoms with Crippen LogP contribution in [0.5, 0.6) is 0 Å². The van der Waals surface area contributed by atoms with E-state index in [0.717, 1.165) is 12.0 Å². The first-order valence-corrected chi connectivity index (χ1v) is 12.0. The van der Waals surface area contributed by atoms with Gasteiger partial charge in [0, 0.05) is 31.2 Å². The molecular formula is C22H28ClN3O3S. The number of halogens is 1. The fourth-order valence-corrected chi connectivity index (χ4v) is 5.24. The van der Waals surface area contributed by atoms with Gasteiger partial charge in [0.15, 0.2) is 0 Å². The Morgan fingerprint density at radius 2 is 1.77 bits per heavy atom. The summed E-state index contributed by atoms with van der Waals surface area (Å²) in [5, 5.41) is 3.42. The summed E-state index contributed by atoms with van der Waals surface area (Å²) in [5.41, 5.74) is 2.33. The maximum atomic E-state index is 12.8. The van der Waals surface area contributed by atoms with Crippen molar-refractivity contribution >= 4 is 27.5 Å². The molecule has 0 saturated carbocycles. The number of aryl methyl sites for hydroxylation is 1. The first kappa shape index (κ1) is 22.7. The molecule has 1 saturated heterocycles. The Morgan fingerprint density at radius 1 is 1.10 bits per heavy atom. The molecule has 2 aromatic rings. The second kappa shape index (κ2) is 9.92. The highest BCUT2D eigenvalue weighted by Crippen LogP contribution is 2.21. The van der Waals surface area contributed by atoms with E-state index in [9.17, 15) is 13.2 Å². The Bertz CT molecular complexity index is 971. The molecule has 1 aliphatic rings. The molecule has 162 valence electrons. The second-order valence-corrected chi connectivity index (χ2v) is 9.90. The summed E-state index contributed by atoms with van der Waals surface area (Å²) < 4.78 is 27.0. The fourth-order valence-electron chi connectivity index (χ4n) is 3.52. The number of hydrogen-bond acceptors (Lipinski definition) is 4. The molecule has 1 atom stereocenters. The van der Waals surface area contributed by atoms with Gasteiger partial charge in [0.05, 0.1) is 17.5 Å². The molecule has 1 heterocycles. The van der Waals surface area contributed by atoms with E-state index in [1.54, 1.807) is 18.2 Å². The highest BCUT2D eigenvalue weighted by molar-refractivity contribution is 7.89. The Labute approximate surface area is 183 Å². The van der Waals surface area contributed by atoms with Gasteiger partial charge >= 0.3 is 0 Å². The van der Waals surface area contributed by atoms with Crippen molar-refractivity contribution in [2.75, 3.05) is 32.7 Å². The quantitative estimate of drug-likeness (QED) is 0.705. The van der Waals surface area contributed by atoms with E-state index >= 15 is 0 Å². The van der Waals surface area contributed by atoms with E-state index in [0.29, 0.717) is 31.2 Å². The van der Waals surface area contributed by atoms with Crippen LogP contribution in [-0.4, -0.2) is 56.3 Å². The molecule has 1 fully saturated rings. The van der Waals surface area contributed by atoms with Gasteiger partial charge in [-0.05, 0) is 42.7 Å². The molecule has 8 heteroatoms. The molecule has 0 bridgehead atoms. The van der Waals surface area contributed by atoms with Crippen LogP contribution in [0.25, 0.3) is 0 Å². The number of sulfonamides is 1. The minimum atomic E-state index is -3.58. The Balaban J connectivity index is 1.50. The summed E-state index contributed by atoms with van der Waals surface area (Å²) >= 11 is 5.94. The lowest BCUT2D eigenvalue weighted by Crippen LogP contribution is -2.51. The molecule has 1 aliphatic heterocycles. The average molecular weight is 450 g/mol.